The van der Waals surface area contributed by atoms with Crippen molar-refractivity contribution >= 4 is 17.4 Å². The van der Waals surface area contributed by atoms with Gasteiger partial charge in [-0.25, -0.2) is 4.79 Å². The number of nitrogens with zero attached hydrogens (tertiary/aromatic N) is 3. The third kappa shape index (κ3) is 6.24. The number of benzene rings is 2. The Morgan fingerprint density at radius 1 is 1.03 bits per heavy atom. The van der Waals surface area contributed by atoms with Gasteiger partial charge in [0.25, 0.3) is 0 Å². The van der Waals surface area contributed by atoms with E-state index in [1.807, 2.05) is 23.1 Å². The van der Waals surface area contributed by atoms with E-state index in [4.69, 9.17) is 4.74 Å². The van der Waals surface area contributed by atoms with Crippen LogP contribution in [0.15, 0.2) is 42.5 Å². The third-order valence-corrected chi connectivity index (χ3v) is 7.15. The highest BCUT2D eigenvalue weighted by Gasteiger charge is 2.31. The normalized spacial score (nSPS) is 17.8. The molecule has 0 saturated carbocycles. The van der Waals surface area contributed by atoms with Crippen molar-refractivity contribution < 1.29 is 22.7 Å². The molecule has 0 bridgehead atoms. The fraction of sp³-hybridized carbons (Fsp3) is 0.519. The minimum atomic E-state index is -4.37. The number of carbonyl (C=O) groups is 1. The lowest BCUT2D eigenvalue weighted by molar-refractivity contribution is -0.137. The number of hydrogen-bond donors (Lipinski definition) is 1. The molecule has 0 spiro atoms. The minimum absolute atomic E-state index is 0.201. The summed E-state index contributed by atoms with van der Waals surface area (Å²) in [5.41, 5.74) is 1.72. The Morgan fingerprint density at radius 2 is 1.75 bits per heavy atom. The van der Waals surface area contributed by atoms with Crippen LogP contribution < -0.4 is 15.0 Å². The molecule has 0 aliphatic carbocycles. The van der Waals surface area contributed by atoms with Crippen molar-refractivity contribution in [2.24, 2.45) is 0 Å². The van der Waals surface area contributed by atoms with Crippen LogP contribution in [0.1, 0.15) is 43.2 Å². The molecule has 2 amide bonds. The highest BCUT2D eigenvalue weighted by atomic mass is 19.4. The number of likely N-dealkylation sites (tertiary alicyclic amines) is 1. The molecule has 196 valence electrons. The number of carbonyl (C=O) groups excluding carboxylic acids is 1. The van der Waals surface area contributed by atoms with E-state index in [1.54, 1.807) is 18.1 Å². The van der Waals surface area contributed by atoms with Gasteiger partial charge in [-0.05, 0) is 86.8 Å². The molecule has 0 atom stereocenters. The highest BCUT2D eigenvalue weighted by Crippen LogP contribution is 2.36. The van der Waals surface area contributed by atoms with Crippen LogP contribution in [0.5, 0.6) is 5.75 Å². The quantitative estimate of drug-likeness (QED) is 0.552. The van der Waals surface area contributed by atoms with E-state index in [9.17, 15) is 18.0 Å². The van der Waals surface area contributed by atoms with Gasteiger partial charge in [-0.2, -0.15) is 13.2 Å². The summed E-state index contributed by atoms with van der Waals surface area (Å²) in [6.45, 7) is 7.26. The summed E-state index contributed by atoms with van der Waals surface area (Å²) in [6.07, 6.45) is -1.10. The van der Waals surface area contributed by atoms with Gasteiger partial charge in [0, 0.05) is 37.6 Å². The van der Waals surface area contributed by atoms with Gasteiger partial charge >= 0.3 is 12.2 Å². The standard InChI is InChI=1S/C27H35F3N4O2/c1-3-11-32-12-9-20(10-13-32)24-19-22(7-8-25(24)36-2)31-26(35)34-16-14-33(15-17-34)23-6-4-5-21(18-23)27(28,29)30/h4-8,18-20H,3,9-17H2,1-2H3,(H,31,35). The van der Waals surface area contributed by atoms with Crippen molar-refractivity contribution in [3.63, 3.8) is 0 Å². The predicted octanol–water partition coefficient (Wildman–Crippen LogP) is 5.66. The van der Waals surface area contributed by atoms with Gasteiger partial charge in [0.1, 0.15) is 5.75 Å². The fourth-order valence-electron chi connectivity index (χ4n) is 5.16. The van der Waals surface area contributed by atoms with Crippen molar-refractivity contribution in [2.45, 2.75) is 38.3 Å². The molecule has 0 radical (unpaired) electrons. The molecule has 0 unspecified atom stereocenters. The van der Waals surface area contributed by atoms with Crippen molar-refractivity contribution in [3.05, 3.63) is 53.6 Å². The zero-order valence-corrected chi connectivity index (χ0v) is 21.0. The van der Waals surface area contributed by atoms with E-state index >= 15 is 0 Å². The number of alkyl halides is 3. The van der Waals surface area contributed by atoms with Gasteiger partial charge in [0.05, 0.1) is 12.7 Å². The number of urea groups is 1. The number of halogens is 3. The van der Waals surface area contributed by atoms with Crippen molar-refractivity contribution in [2.75, 3.05) is 63.1 Å². The molecule has 2 aliphatic rings. The van der Waals surface area contributed by atoms with Crippen LogP contribution in [0.2, 0.25) is 0 Å². The first-order valence-electron chi connectivity index (χ1n) is 12.7. The Morgan fingerprint density at radius 3 is 2.39 bits per heavy atom. The number of ether oxygens (including phenoxy) is 1. The third-order valence-electron chi connectivity index (χ3n) is 7.15. The number of piperazine rings is 1. The molecule has 2 heterocycles. The summed E-state index contributed by atoms with van der Waals surface area (Å²) in [4.78, 5) is 19.0. The molecule has 4 rings (SSSR count). The van der Waals surface area contributed by atoms with Gasteiger partial charge in [-0.1, -0.05) is 13.0 Å². The summed E-state index contributed by atoms with van der Waals surface area (Å²) < 4.78 is 44.8. The van der Waals surface area contributed by atoms with Gasteiger partial charge in [0.2, 0.25) is 0 Å². The van der Waals surface area contributed by atoms with Crippen LogP contribution >= 0.6 is 0 Å². The molecule has 0 aromatic heterocycles. The molecule has 2 saturated heterocycles. The number of anilines is 2. The number of methoxy groups -OCH3 is 1. The largest absolute Gasteiger partial charge is 0.496 e. The first-order chi connectivity index (χ1) is 17.3. The van der Waals surface area contributed by atoms with E-state index in [1.165, 1.54) is 12.1 Å². The lowest BCUT2D eigenvalue weighted by Gasteiger charge is -2.36. The van der Waals surface area contributed by atoms with Crippen LogP contribution in [0, 0.1) is 0 Å². The maximum atomic E-state index is 13.1. The van der Waals surface area contributed by atoms with Gasteiger partial charge in [-0.3, -0.25) is 0 Å². The molecule has 1 N–H and O–H groups in total. The second-order valence-corrected chi connectivity index (χ2v) is 9.52. The first kappa shape index (κ1) is 26.1. The fourth-order valence-corrected chi connectivity index (χ4v) is 5.16. The zero-order chi connectivity index (χ0) is 25.7. The van der Waals surface area contributed by atoms with Gasteiger partial charge < -0.3 is 24.8 Å². The van der Waals surface area contributed by atoms with E-state index in [-0.39, 0.29) is 6.03 Å². The summed E-state index contributed by atoms with van der Waals surface area (Å²) in [6, 6.07) is 10.9. The zero-order valence-electron chi connectivity index (χ0n) is 21.0. The Bertz CT molecular complexity index is 1030. The second-order valence-electron chi connectivity index (χ2n) is 9.52. The van der Waals surface area contributed by atoms with Crippen LogP contribution in [0.25, 0.3) is 0 Å². The molecule has 2 aromatic rings. The van der Waals surface area contributed by atoms with E-state index in [0.717, 1.165) is 62.0 Å². The summed E-state index contributed by atoms with van der Waals surface area (Å²) >= 11 is 0. The Kier molecular flexibility index (Phi) is 8.28. The lowest BCUT2D eigenvalue weighted by Crippen LogP contribution is -2.50. The molecular weight excluding hydrogens is 469 g/mol. The second kappa shape index (κ2) is 11.4. The van der Waals surface area contributed by atoms with Crippen molar-refractivity contribution in [1.29, 1.82) is 0 Å². The van der Waals surface area contributed by atoms with Gasteiger partial charge in [-0.15, -0.1) is 0 Å². The van der Waals surface area contributed by atoms with E-state index in [2.05, 4.69) is 17.1 Å². The number of piperidine rings is 1. The van der Waals surface area contributed by atoms with Crippen LogP contribution in [0.3, 0.4) is 0 Å². The topological polar surface area (TPSA) is 48.1 Å². The smallest absolute Gasteiger partial charge is 0.416 e. The van der Waals surface area contributed by atoms with Crippen LogP contribution in [-0.4, -0.2) is 68.8 Å². The molecule has 6 nitrogen and oxygen atoms in total. The molecule has 2 aliphatic heterocycles. The van der Waals surface area contributed by atoms with Gasteiger partial charge in [0.15, 0.2) is 0 Å². The minimum Gasteiger partial charge on any atom is -0.496 e. The molecule has 2 aromatic carbocycles. The Hall–Kier alpha value is -2.94. The SMILES string of the molecule is CCCN1CCC(c2cc(NC(=O)N3CCN(c4cccc(C(F)(F)F)c4)CC3)ccc2OC)CC1. The van der Waals surface area contributed by atoms with E-state index in [0.29, 0.717) is 37.8 Å². The summed E-state index contributed by atoms with van der Waals surface area (Å²) in [5.74, 6) is 1.23. The molecular formula is C27H35F3N4O2. The highest BCUT2D eigenvalue weighted by molar-refractivity contribution is 5.89. The number of hydrogen-bond acceptors (Lipinski definition) is 4. The summed E-state index contributed by atoms with van der Waals surface area (Å²) in [7, 11) is 1.67. The van der Waals surface area contributed by atoms with Crippen LogP contribution in [0.4, 0.5) is 29.3 Å². The van der Waals surface area contributed by atoms with Crippen LogP contribution in [-0.2, 0) is 6.18 Å². The monoisotopic (exact) mass is 504 g/mol. The molecule has 2 fully saturated rings. The molecule has 36 heavy (non-hydrogen) atoms. The van der Waals surface area contributed by atoms with Crippen molar-refractivity contribution in [3.8, 4) is 5.75 Å². The average Bonchev–Trinajstić information content (AvgIpc) is 2.89. The predicted molar refractivity (Wildman–Crippen MR) is 136 cm³/mol. The number of amides is 2. The summed E-state index contributed by atoms with van der Waals surface area (Å²) in [5, 5.41) is 3.01. The van der Waals surface area contributed by atoms with Crippen molar-refractivity contribution in [1.82, 2.24) is 9.80 Å². The van der Waals surface area contributed by atoms with E-state index < -0.39 is 11.7 Å². The average molecular weight is 505 g/mol. The lowest BCUT2D eigenvalue weighted by atomic mass is 9.88. The number of nitrogens with one attached hydrogen (secondary N) is 1. The first-order valence-corrected chi connectivity index (χ1v) is 12.7. The maximum absolute atomic E-state index is 13.1. The Balaban J connectivity index is 1.36. The molecule has 9 heteroatoms. The number of rotatable bonds is 6. The Labute approximate surface area is 211 Å². The maximum Gasteiger partial charge on any atom is 0.416 e.